The minimum Gasteiger partial charge on any atom is -0.382 e. The molecule has 1 atom stereocenters. The third-order valence-electron chi connectivity index (χ3n) is 3.96. The molecule has 0 bridgehead atoms. The minimum atomic E-state index is 0.623. The first-order chi connectivity index (χ1) is 9.19. The van der Waals surface area contributed by atoms with Gasteiger partial charge in [-0.25, -0.2) is 0 Å². The topological polar surface area (TPSA) is 24.5 Å². The molecule has 0 radical (unpaired) electrons. The second-order valence-electron chi connectivity index (χ2n) is 5.37. The van der Waals surface area contributed by atoms with Crippen molar-refractivity contribution in [1.29, 1.82) is 0 Å². The number of nitrogens with one attached hydrogen (secondary N) is 1. The van der Waals surface area contributed by atoms with E-state index in [2.05, 4.69) is 37.9 Å². The smallest absolute Gasteiger partial charge is 0.0477 e. The molecular formula is C16H36N2O. The van der Waals surface area contributed by atoms with Gasteiger partial charge >= 0.3 is 0 Å². The number of rotatable bonds is 13. The van der Waals surface area contributed by atoms with Gasteiger partial charge < -0.3 is 10.1 Å². The molecule has 0 aliphatic heterocycles. The van der Waals surface area contributed by atoms with Crippen LogP contribution in [0.1, 0.15) is 53.9 Å². The van der Waals surface area contributed by atoms with Crippen LogP contribution in [-0.2, 0) is 4.74 Å². The lowest BCUT2D eigenvalue weighted by Crippen LogP contribution is -2.42. The van der Waals surface area contributed by atoms with Crippen LogP contribution in [0, 0.1) is 5.92 Å². The molecule has 3 nitrogen and oxygen atoms in total. The van der Waals surface area contributed by atoms with Crippen molar-refractivity contribution in [2.24, 2.45) is 5.92 Å². The lowest BCUT2D eigenvalue weighted by molar-refractivity contribution is 0.142. The maximum absolute atomic E-state index is 5.34. The van der Waals surface area contributed by atoms with E-state index in [1.165, 1.54) is 19.4 Å². The third-order valence-corrected chi connectivity index (χ3v) is 3.96. The van der Waals surface area contributed by atoms with Crippen LogP contribution in [0.15, 0.2) is 0 Å². The molecular weight excluding hydrogens is 236 g/mol. The second-order valence-corrected chi connectivity index (χ2v) is 5.37. The molecule has 0 spiro atoms. The molecule has 0 aromatic carbocycles. The molecule has 0 aliphatic rings. The van der Waals surface area contributed by atoms with Gasteiger partial charge in [-0.3, -0.25) is 4.90 Å². The van der Waals surface area contributed by atoms with Gasteiger partial charge in [-0.2, -0.15) is 0 Å². The van der Waals surface area contributed by atoms with Crippen molar-refractivity contribution in [2.45, 2.75) is 59.9 Å². The lowest BCUT2D eigenvalue weighted by Gasteiger charge is -2.31. The summed E-state index contributed by atoms with van der Waals surface area (Å²) in [5.41, 5.74) is 0. The van der Waals surface area contributed by atoms with Crippen molar-refractivity contribution < 1.29 is 4.74 Å². The monoisotopic (exact) mass is 272 g/mol. The molecule has 3 heteroatoms. The molecule has 0 aromatic rings. The molecule has 0 aliphatic carbocycles. The summed E-state index contributed by atoms with van der Waals surface area (Å²) in [6.45, 7) is 17.5. The molecule has 0 heterocycles. The van der Waals surface area contributed by atoms with Gasteiger partial charge in [-0.05, 0) is 39.3 Å². The standard InChI is InChI=1S/C16H36N2O/c1-6-16(7-2)14-18(8-3)15(5)13-17-11-10-12-19-9-4/h15-17H,6-14H2,1-5H3. The molecule has 19 heavy (non-hydrogen) atoms. The molecule has 0 rings (SSSR count). The summed E-state index contributed by atoms with van der Waals surface area (Å²) in [4.78, 5) is 2.60. The van der Waals surface area contributed by atoms with Gasteiger partial charge in [0.15, 0.2) is 0 Å². The summed E-state index contributed by atoms with van der Waals surface area (Å²) in [5.74, 6) is 0.848. The Balaban J connectivity index is 3.78. The van der Waals surface area contributed by atoms with Crippen molar-refractivity contribution in [2.75, 3.05) is 39.4 Å². The quantitative estimate of drug-likeness (QED) is 0.521. The maximum Gasteiger partial charge on any atom is 0.0477 e. The van der Waals surface area contributed by atoms with Crippen LogP contribution in [0.2, 0.25) is 0 Å². The Kier molecular flexibility index (Phi) is 12.8. The Morgan fingerprint density at radius 3 is 2.32 bits per heavy atom. The van der Waals surface area contributed by atoms with Crippen LogP contribution < -0.4 is 5.32 Å². The summed E-state index contributed by atoms with van der Waals surface area (Å²) in [5, 5.41) is 3.55. The van der Waals surface area contributed by atoms with Gasteiger partial charge in [0.05, 0.1) is 0 Å². The van der Waals surface area contributed by atoms with E-state index in [1.807, 2.05) is 6.92 Å². The Labute approximate surface area is 121 Å². The van der Waals surface area contributed by atoms with Gasteiger partial charge in [0, 0.05) is 32.3 Å². The fraction of sp³-hybridized carbons (Fsp3) is 1.00. The second kappa shape index (κ2) is 12.9. The first-order valence-electron chi connectivity index (χ1n) is 8.21. The predicted octanol–water partition coefficient (Wildman–Crippen LogP) is 3.15. The fourth-order valence-electron chi connectivity index (χ4n) is 2.38. The van der Waals surface area contributed by atoms with E-state index in [0.29, 0.717) is 6.04 Å². The van der Waals surface area contributed by atoms with Gasteiger partial charge in [-0.1, -0.05) is 33.6 Å². The van der Waals surface area contributed by atoms with Crippen LogP contribution in [0.5, 0.6) is 0 Å². The van der Waals surface area contributed by atoms with Crippen molar-refractivity contribution >= 4 is 0 Å². The molecule has 0 fully saturated rings. The maximum atomic E-state index is 5.34. The highest BCUT2D eigenvalue weighted by Gasteiger charge is 2.15. The summed E-state index contributed by atoms with van der Waals surface area (Å²) in [6.07, 6.45) is 3.70. The van der Waals surface area contributed by atoms with Crippen molar-refractivity contribution in [3.63, 3.8) is 0 Å². The van der Waals surface area contributed by atoms with Gasteiger partial charge in [0.2, 0.25) is 0 Å². The minimum absolute atomic E-state index is 0.623. The SMILES string of the molecule is CCOCCCNCC(C)N(CC)CC(CC)CC. The zero-order valence-corrected chi connectivity index (χ0v) is 13.9. The molecule has 0 aromatic heterocycles. The van der Waals surface area contributed by atoms with E-state index < -0.39 is 0 Å². The predicted molar refractivity (Wildman–Crippen MR) is 84.8 cm³/mol. The first-order valence-corrected chi connectivity index (χ1v) is 8.21. The highest BCUT2D eigenvalue weighted by molar-refractivity contribution is 4.71. The fourth-order valence-corrected chi connectivity index (χ4v) is 2.38. The Morgan fingerprint density at radius 1 is 1.11 bits per heavy atom. The highest BCUT2D eigenvalue weighted by Crippen LogP contribution is 2.11. The van der Waals surface area contributed by atoms with Crippen molar-refractivity contribution in [1.82, 2.24) is 10.2 Å². The van der Waals surface area contributed by atoms with E-state index in [-0.39, 0.29) is 0 Å². The number of ether oxygens (including phenoxy) is 1. The third kappa shape index (κ3) is 9.42. The average Bonchev–Trinajstić information content (AvgIpc) is 2.44. The van der Waals surface area contributed by atoms with Gasteiger partial charge in [0.25, 0.3) is 0 Å². The molecule has 0 amide bonds. The zero-order chi connectivity index (χ0) is 14.5. The van der Waals surface area contributed by atoms with Crippen molar-refractivity contribution in [3.8, 4) is 0 Å². The van der Waals surface area contributed by atoms with Crippen LogP contribution in [0.3, 0.4) is 0 Å². The Morgan fingerprint density at radius 2 is 1.79 bits per heavy atom. The Hall–Kier alpha value is -0.120. The molecule has 116 valence electrons. The lowest BCUT2D eigenvalue weighted by atomic mass is 10.0. The highest BCUT2D eigenvalue weighted by atomic mass is 16.5. The summed E-state index contributed by atoms with van der Waals surface area (Å²) in [7, 11) is 0. The summed E-state index contributed by atoms with van der Waals surface area (Å²) < 4.78 is 5.34. The summed E-state index contributed by atoms with van der Waals surface area (Å²) >= 11 is 0. The van der Waals surface area contributed by atoms with E-state index in [9.17, 15) is 0 Å². The average molecular weight is 272 g/mol. The van der Waals surface area contributed by atoms with E-state index >= 15 is 0 Å². The van der Waals surface area contributed by atoms with Crippen LogP contribution in [-0.4, -0.2) is 50.3 Å². The number of nitrogens with zero attached hydrogens (tertiary/aromatic N) is 1. The van der Waals surface area contributed by atoms with Crippen LogP contribution in [0.4, 0.5) is 0 Å². The number of hydrogen-bond donors (Lipinski definition) is 1. The van der Waals surface area contributed by atoms with E-state index in [1.54, 1.807) is 0 Å². The molecule has 0 saturated heterocycles. The van der Waals surface area contributed by atoms with Crippen LogP contribution in [0.25, 0.3) is 0 Å². The van der Waals surface area contributed by atoms with E-state index in [4.69, 9.17) is 4.74 Å². The molecule has 1 unspecified atom stereocenters. The van der Waals surface area contributed by atoms with Gasteiger partial charge in [0.1, 0.15) is 0 Å². The normalized spacial score (nSPS) is 13.4. The zero-order valence-electron chi connectivity index (χ0n) is 13.9. The van der Waals surface area contributed by atoms with E-state index in [0.717, 1.165) is 45.2 Å². The van der Waals surface area contributed by atoms with Crippen LogP contribution >= 0.6 is 0 Å². The molecule has 1 N–H and O–H groups in total. The number of hydrogen-bond acceptors (Lipinski definition) is 3. The summed E-state index contributed by atoms with van der Waals surface area (Å²) in [6, 6.07) is 0.623. The Bertz CT molecular complexity index is 184. The first kappa shape index (κ1) is 18.9. The van der Waals surface area contributed by atoms with Crippen molar-refractivity contribution in [3.05, 3.63) is 0 Å². The largest absolute Gasteiger partial charge is 0.382 e. The number of likely N-dealkylation sites (N-methyl/N-ethyl adjacent to an activating group) is 1. The molecule has 0 saturated carbocycles. The van der Waals surface area contributed by atoms with Gasteiger partial charge in [-0.15, -0.1) is 0 Å².